The zero-order valence-electron chi connectivity index (χ0n) is 20.3. The molecule has 1 saturated heterocycles. The van der Waals surface area contributed by atoms with Crippen molar-refractivity contribution in [2.75, 3.05) is 43.1 Å². The van der Waals surface area contributed by atoms with Crippen LogP contribution in [0.5, 0.6) is 5.75 Å². The monoisotopic (exact) mass is 453 g/mol. The van der Waals surface area contributed by atoms with E-state index >= 15 is 4.39 Å². The fourth-order valence-electron chi connectivity index (χ4n) is 4.77. The molecule has 2 aromatic rings. The number of rotatable bonds is 8. The zero-order valence-corrected chi connectivity index (χ0v) is 20.3. The van der Waals surface area contributed by atoms with Crippen LogP contribution in [0.1, 0.15) is 56.0 Å². The summed E-state index contributed by atoms with van der Waals surface area (Å²) in [7, 11) is 2.14. The average molecular weight is 454 g/mol. The summed E-state index contributed by atoms with van der Waals surface area (Å²) in [4.78, 5) is 19.3. The predicted octanol–water partition coefficient (Wildman–Crippen LogP) is 5.13. The van der Waals surface area contributed by atoms with Crippen molar-refractivity contribution < 1.29 is 13.9 Å². The number of nitrogens with zero attached hydrogens (tertiary/aromatic N) is 3. The van der Waals surface area contributed by atoms with Crippen LogP contribution in [-0.4, -0.2) is 56.2 Å². The van der Waals surface area contributed by atoms with Gasteiger partial charge in [-0.05, 0) is 82.1 Å². The van der Waals surface area contributed by atoms with E-state index in [0.717, 1.165) is 50.1 Å². The summed E-state index contributed by atoms with van der Waals surface area (Å²) in [5.74, 6) is 0.466. The Balaban J connectivity index is 1.46. The van der Waals surface area contributed by atoms with Crippen molar-refractivity contribution in [1.82, 2.24) is 4.90 Å². The topological polar surface area (TPSA) is 36.0 Å². The Bertz CT molecular complexity index is 993. The van der Waals surface area contributed by atoms with E-state index in [2.05, 4.69) is 37.6 Å². The van der Waals surface area contributed by atoms with Crippen LogP contribution in [0, 0.1) is 5.82 Å². The van der Waals surface area contributed by atoms with Crippen molar-refractivity contribution in [3.63, 3.8) is 0 Å². The van der Waals surface area contributed by atoms with E-state index in [9.17, 15) is 4.79 Å². The molecule has 178 valence electrons. The Labute approximate surface area is 197 Å². The Morgan fingerprint density at radius 2 is 2.00 bits per heavy atom. The summed E-state index contributed by atoms with van der Waals surface area (Å²) in [5, 5.41) is 0. The molecule has 0 bridgehead atoms. The number of fused-ring (bicyclic) bond motifs is 1. The molecule has 0 saturated carbocycles. The normalized spacial score (nSPS) is 18.4. The third-order valence-electron chi connectivity index (χ3n) is 7.06. The minimum atomic E-state index is -0.265. The molecule has 1 amide bonds. The number of unbranched alkanes of at least 4 members (excludes halogenated alkanes) is 1. The highest BCUT2D eigenvalue weighted by Crippen LogP contribution is 2.32. The van der Waals surface area contributed by atoms with Crippen molar-refractivity contribution in [2.24, 2.45) is 0 Å². The second-order valence-electron chi connectivity index (χ2n) is 9.51. The maximum absolute atomic E-state index is 15.2. The lowest BCUT2D eigenvalue weighted by molar-refractivity contribution is 0.0980. The van der Waals surface area contributed by atoms with Gasteiger partial charge < -0.3 is 14.5 Å². The van der Waals surface area contributed by atoms with Crippen LogP contribution in [0.4, 0.5) is 15.8 Å². The minimum Gasteiger partial charge on any atom is -0.494 e. The number of carbonyl (C=O) groups excluding carboxylic acids is 1. The van der Waals surface area contributed by atoms with Gasteiger partial charge in [0.15, 0.2) is 0 Å². The molecular weight excluding hydrogens is 417 g/mol. The molecule has 6 heteroatoms. The Morgan fingerprint density at radius 3 is 2.73 bits per heavy atom. The number of likely N-dealkylation sites (N-methyl/N-ethyl adjacent to an activating group) is 1. The highest BCUT2D eigenvalue weighted by molar-refractivity contribution is 6.08. The minimum absolute atomic E-state index is 0.0803. The summed E-state index contributed by atoms with van der Waals surface area (Å²) in [6, 6.07) is 11.8. The van der Waals surface area contributed by atoms with Crippen LogP contribution < -0.4 is 14.5 Å². The van der Waals surface area contributed by atoms with E-state index in [-0.39, 0.29) is 11.7 Å². The second kappa shape index (κ2) is 10.1. The van der Waals surface area contributed by atoms with Gasteiger partial charge in [-0.1, -0.05) is 13.3 Å². The maximum atomic E-state index is 15.2. The number of amides is 1. The smallest absolute Gasteiger partial charge is 0.258 e. The third kappa shape index (κ3) is 5.01. The largest absolute Gasteiger partial charge is 0.494 e. The number of ether oxygens (including phenoxy) is 1. The first kappa shape index (κ1) is 23.6. The van der Waals surface area contributed by atoms with Gasteiger partial charge in [0, 0.05) is 43.0 Å². The molecule has 0 spiro atoms. The summed E-state index contributed by atoms with van der Waals surface area (Å²) >= 11 is 0. The van der Waals surface area contributed by atoms with Gasteiger partial charge in [-0.25, -0.2) is 4.39 Å². The predicted molar refractivity (Wildman–Crippen MR) is 132 cm³/mol. The highest BCUT2D eigenvalue weighted by atomic mass is 19.1. The molecule has 2 aliphatic heterocycles. The van der Waals surface area contributed by atoms with Gasteiger partial charge in [-0.15, -0.1) is 0 Å². The van der Waals surface area contributed by atoms with E-state index in [0.29, 0.717) is 42.2 Å². The molecule has 2 aromatic carbocycles. The number of carbonyl (C=O) groups is 1. The molecule has 1 atom stereocenters. The molecule has 2 heterocycles. The third-order valence-corrected chi connectivity index (χ3v) is 7.06. The zero-order chi connectivity index (χ0) is 23.5. The lowest BCUT2D eigenvalue weighted by Crippen LogP contribution is -2.39. The van der Waals surface area contributed by atoms with Gasteiger partial charge in [0.05, 0.1) is 12.3 Å². The van der Waals surface area contributed by atoms with Crippen molar-refractivity contribution in [2.45, 2.75) is 58.5 Å². The van der Waals surface area contributed by atoms with Gasteiger partial charge in [-0.2, -0.15) is 0 Å². The molecule has 0 radical (unpaired) electrons. The Morgan fingerprint density at radius 1 is 1.18 bits per heavy atom. The number of benzene rings is 2. The summed E-state index contributed by atoms with van der Waals surface area (Å²) in [5.41, 5.74) is 2.91. The number of hydrogen-bond donors (Lipinski definition) is 0. The first-order valence-corrected chi connectivity index (χ1v) is 12.2. The van der Waals surface area contributed by atoms with Crippen LogP contribution >= 0.6 is 0 Å². The van der Waals surface area contributed by atoms with E-state index in [1.165, 1.54) is 6.07 Å². The molecule has 2 aliphatic rings. The maximum Gasteiger partial charge on any atom is 0.258 e. The Kier molecular flexibility index (Phi) is 7.23. The molecule has 4 rings (SSSR count). The van der Waals surface area contributed by atoms with Gasteiger partial charge in [0.25, 0.3) is 5.91 Å². The Hall–Kier alpha value is -2.60. The SMILES string of the molecule is CCCCOc1ccc2c(c1)CCN(c1ccc(N3CC[C@@H](N(C)C(C)C)C3)c(F)c1)C2=O. The van der Waals surface area contributed by atoms with E-state index in [4.69, 9.17) is 4.74 Å². The van der Waals surface area contributed by atoms with E-state index < -0.39 is 0 Å². The summed E-state index contributed by atoms with van der Waals surface area (Å²) in [6.07, 6.45) is 3.85. The number of anilines is 2. The summed E-state index contributed by atoms with van der Waals surface area (Å²) in [6.45, 7) is 9.39. The molecule has 0 aliphatic carbocycles. The van der Waals surface area contributed by atoms with E-state index in [1.807, 2.05) is 30.3 Å². The molecule has 0 aromatic heterocycles. The fraction of sp³-hybridized carbons (Fsp3) is 0.519. The van der Waals surface area contributed by atoms with Crippen LogP contribution in [0.25, 0.3) is 0 Å². The second-order valence-corrected chi connectivity index (χ2v) is 9.51. The van der Waals surface area contributed by atoms with Crippen molar-refractivity contribution >= 4 is 17.3 Å². The first-order chi connectivity index (χ1) is 15.9. The van der Waals surface area contributed by atoms with E-state index in [1.54, 1.807) is 4.90 Å². The quantitative estimate of drug-likeness (QED) is 0.520. The molecule has 1 fully saturated rings. The van der Waals surface area contributed by atoms with Gasteiger partial charge in [0.1, 0.15) is 11.6 Å². The van der Waals surface area contributed by atoms with Crippen molar-refractivity contribution in [1.29, 1.82) is 0 Å². The van der Waals surface area contributed by atoms with Gasteiger partial charge in [-0.3, -0.25) is 9.69 Å². The number of halogens is 1. The fourth-order valence-corrected chi connectivity index (χ4v) is 4.77. The standard InChI is InChI=1S/C27H36FN3O2/c1-5-6-15-33-23-8-9-24-20(16-23)11-14-31(27(24)32)21-7-10-26(25(28)17-21)30-13-12-22(18-30)29(4)19(2)3/h7-10,16-17,19,22H,5-6,11-15,18H2,1-4H3/t22-/m1/s1. The first-order valence-electron chi connectivity index (χ1n) is 12.2. The van der Waals surface area contributed by atoms with Crippen LogP contribution in [0.2, 0.25) is 0 Å². The van der Waals surface area contributed by atoms with Crippen LogP contribution in [0.15, 0.2) is 36.4 Å². The molecule has 5 nitrogen and oxygen atoms in total. The summed E-state index contributed by atoms with van der Waals surface area (Å²) < 4.78 is 20.9. The molecule has 0 unspecified atom stereocenters. The molecule has 0 N–H and O–H groups in total. The number of hydrogen-bond acceptors (Lipinski definition) is 4. The lowest BCUT2D eigenvalue weighted by atomic mass is 9.98. The van der Waals surface area contributed by atoms with Crippen LogP contribution in [-0.2, 0) is 6.42 Å². The highest BCUT2D eigenvalue weighted by Gasteiger charge is 2.30. The van der Waals surface area contributed by atoms with Crippen molar-refractivity contribution in [3.05, 3.63) is 53.3 Å². The lowest BCUT2D eigenvalue weighted by Gasteiger charge is -2.30. The van der Waals surface area contributed by atoms with Crippen LogP contribution in [0.3, 0.4) is 0 Å². The molecular formula is C27H36FN3O2. The van der Waals surface area contributed by atoms with Crippen molar-refractivity contribution in [3.8, 4) is 5.75 Å². The average Bonchev–Trinajstić information content (AvgIpc) is 3.28. The van der Waals surface area contributed by atoms with Gasteiger partial charge in [0.2, 0.25) is 0 Å². The van der Waals surface area contributed by atoms with Gasteiger partial charge >= 0.3 is 0 Å². The molecule has 33 heavy (non-hydrogen) atoms.